The largest absolute Gasteiger partial charge is 0.381 e. The highest BCUT2D eigenvalue weighted by Crippen LogP contribution is 2.14. The molecule has 13 heavy (non-hydrogen) atoms. The maximum absolute atomic E-state index is 10.3. The molecule has 0 saturated heterocycles. The first-order chi connectivity index (χ1) is 6.11. The smallest absolute Gasteiger partial charge is 0.120 e. The average molecular weight is 184 g/mol. The fourth-order valence-corrected chi connectivity index (χ4v) is 1.22. The van der Waals surface area contributed by atoms with E-state index in [0.717, 1.165) is 12.7 Å². The molecule has 0 bridgehead atoms. The molecular formula is C11H20O2. The predicted molar refractivity (Wildman–Crippen MR) is 54.7 cm³/mol. The first-order valence-corrected chi connectivity index (χ1v) is 4.71. The average Bonchev–Trinajstić information content (AvgIpc) is 2.05. The molecule has 0 rings (SSSR count). The van der Waals surface area contributed by atoms with Crippen molar-refractivity contribution >= 4 is 6.29 Å². The number of rotatable bonds is 6. The predicted octanol–water partition coefficient (Wildman–Crippen LogP) is 2.58. The first kappa shape index (κ1) is 12.4. The van der Waals surface area contributed by atoms with E-state index in [1.165, 1.54) is 5.57 Å². The van der Waals surface area contributed by atoms with Gasteiger partial charge < -0.3 is 9.53 Å². The molecular weight excluding hydrogens is 164 g/mol. The van der Waals surface area contributed by atoms with Gasteiger partial charge in [0.2, 0.25) is 0 Å². The summed E-state index contributed by atoms with van der Waals surface area (Å²) in [7, 11) is 1.70. The van der Waals surface area contributed by atoms with Gasteiger partial charge in [0.05, 0.1) is 6.10 Å². The van der Waals surface area contributed by atoms with Crippen LogP contribution in [0.1, 0.15) is 33.6 Å². The fraction of sp³-hybridized carbons (Fsp3) is 0.727. The van der Waals surface area contributed by atoms with Gasteiger partial charge in [0, 0.05) is 13.5 Å². The van der Waals surface area contributed by atoms with E-state index in [-0.39, 0.29) is 6.10 Å². The Morgan fingerprint density at radius 2 is 2.00 bits per heavy atom. The topological polar surface area (TPSA) is 26.3 Å². The van der Waals surface area contributed by atoms with Gasteiger partial charge in [0.15, 0.2) is 0 Å². The Hall–Kier alpha value is -0.630. The number of ether oxygens (including phenoxy) is 1. The number of hydrogen-bond donors (Lipinski definition) is 0. The number of hydrogen-bond acceptors (Lipinski definition) is 2. The zero-order valence-electron chi connectivity index (χ0n) is 9.04. The van der Waals surface area contributed by atoms with Gasteiger partial charge in [-0.3, -0.25) is 0 Å². The fourth-order valence-electron chi connectivity index (χ4n) is 1.22. The Bertz CT molecular complexity index is 169. The molecule has 0 heterocycles. The lowest BCUT2D eigenvalue weighted by Gasteiger charge is -2.19. The molecule has 0 aliphatic carbocycles. The van der Waals surface area contributed by atoms with Crippen LogP contribution in [0.5, 0.6) is 0 Å². The van der Waals surface area contributed by atoms with E-state index in [1.54, 1.807) is 7.11 Å². The molecule has 0 N–H and O–H groups in total. The summed E-state index contributed by atoms with van der Waals surface area (Å²) in [6.07, 6.45) is 4.75. The first-order valence-electron chi connectivity index (χ1n) is 4.71. The van der Waals surface area contributed by atoms with Crippen LogP contribution < -0.4 is 0 Å². The molecule has 0 radical (unpaired) electrons. The van der Waals surface area contributed by atoms with Gasteiger partial charge in [0.25, 0.3) is 0 Å². The Balaban J connectivity index is 4.01. The van der Waals surface area contributed by atoms with Crippen LogP contribution >= 0.6 is 0 Å². The molecule has 0 aromatic carbocycles. The minimum Gasteiger partial charge on any atom is -0.381 e. The Morgan fingerprint density at radius 1 is 1.38 bits per heavy atom. The SMILES string of the molecule is COC(CC=C(C)C)C(C)CC=O. The summed E-state index contributed by atoms with van der Waals surface area (Å²) in [6.45, 7) is 6.18. The highest BCUT2D eigenvalue weighted by atomic mass is 16.5. The third-order valence-corrected chi connectivity index (χ3v) is 2.16. The molecule has 2 heteroatoms. The van der Waals surface area contributed by atoms with Crippen molar-refractivity contribution in [1.29, 1.82) is 0 Å². The van der Waals surface area contributed by atoms with Crippen LogP contribution in [-0.2, 0) is 9.53 Å². The van der Waals surface area contributed by atoms with Gasteiger partial charge in [-0.25, -0.2) is 0 Å². The number of carbonyl (C=O) groups is 1. The minimum absolute atomic E-state index is 0.167. The second-order valence-electron chi connectivity index (χ2n) is 3.67. The van der Waals surface area contributed by atoms with Gasteiger partial charge >= 0.3 is 0 Å². The van der Waals surface area contributed by atoms with Gasteiger partial charge in [0.1, 0.15) is 6.29 Å². The lowest BCUT2D eigenvalue weighted by molar-refractivity contribution is -0.109. The second-order valence-corrected chi connectivity index (χ2v) is 3.67. The van der Waals surface area contributed by atoms with Crippen molar-refractivity contribution in [1.82, 2.24) is 0 Å². The highest BCUT2D eigenvalue weighted by molar-refractivity contribution is 5.49. The maximum Gasteiger partial charge on any atom is 0.120 e. The van der Waals surface area contributed by atoms with Crippen LogP contribution in [0, 0.1) is 5.92 Å². The quantitative estimate of drug-likeness (QED) is 0.468. The lowest BCUT2D eigenvalue weighted by Crippen LogP contribution is -2.20. The standard InChI is InChI=1S/C11H20O2/c1-9(2)5-6-11(13-4)10(3)7-8-12/h5,8,10-11H,6-7H2,1-4H3. The van der Waals surface area contributed by atoms with Crippen LogP contribution in [0.4, 0.5) is 0 Å². The molecule has 0 amide bonds. The zero-order chi connectivity index (χ0) is 10.3. The van der Waals surface area contributed by atoms with Crippen molar-refractivity contribution in [3.05, 3.63) is 11.6 Å². The van der Waals surface area contributed by atoms with Crippen LogP contribution in [0.25, 0.3) is 0 Å². The zero-order valence-corrected chi connectivity index (χ0v) is 9.04. The molecule has 0 fully saturated rings. The Labute approximate surface area is 81.0 Å². The Kier molecular flexibility index (Phi) is 6.51. The molecule has 0 aromatic rings. The molecule has 2 nitrogen and oxygen atoms in total. The minimum atomic E-state index is 0.167. The van der Waals surface area contributed by atoms with E-state index in [4.69, 9.17) is 4.74 Å². The van der Waals surface area contributed by atoms with E-state index in [1.807, 2.05) is 6.92 Å². The lowest BCUT2D eigenvalue weighted by atomic mass is 9.98. The third-order valence-electron chi connectivity index (χ3n) is 2.16. The van der Waals surface area contributed by atoms with E-state index in [0.29, 0.717) is 12.3 Å². The van der Waals surface area contributed by atoms with Gasteiger partial charge in [-0.2, -0.15) is 0 Å². The highest BCUT2D eigenvalue weighted by Gasteiger charge is 2.14. The van der Waals surface area contributed by atoms with Crippen molar-refractivity contribution in [2.75, 3.05) is 7.11 Å². The van der Waals surface area contributed by atoms with Crippen LogP contribution in [0.2, 0.25) is 0 Å². The third kappa shape index (κ3) is 5.58. The monoisotopic (exact) mass is 184 g/mol. The van der Waals surface area contributed by atoms with E-state index < -0.39 is 0 Å². The molecule has 0 aromatic heterocycles. The molecule has 2 atom stereocenters. The number of carbonyl (C=O) groups excluding carboxylic acids is 1. The van der Waals surface area contributed by atoms with Gasteiger partial charge in [-0.05, 0) is 26.2 Å². The number of allylic oxidation sites excluding steroid dienone is 1. The number of aldehydes is 1. The summed E-state index contributed by atoms with van der Waals surface area (Å²) in [5.41, 5.74) is 1.29. The van der Waals surface area contributed by atoms with Gasteiger partial charge in [-0.1, -0.05) is 18.6 Å². The summed E-state index contributed by atoms with van der Waals surface area (Å²) in [6, 6.07) is 0. The Morgan fingerprint density at radius 3 is 2.38 bits per heavy atom. The van der Waals surface area contributed by atoms with Crippen LogP contribution in [0.15, 0.2) is 11.6 Å². The maximum atomic E-state index is 10.3. The summed E-state index contributed by atoms with van der Waals surface area (Å²) >= 11 is 0. The van der Waals surface area contributed by atoms with Crippen molar-refractivity contribution in [3.8, 4) is 0 Å². The molecule has 0 aliphatic heterocycles. The summed E-state index contributed by atoms with van der Waals surface area (Å²) < 4.78 is 5.31. The van der Waals surface area contributed by atoms with E-state index in [9.17, 15) is 4.79 Å². The van der Waals surface area contributed by atoms with Crippen LogP contribution in [-0.4, -0.2) is 19.5 Å². The molecule has 0 spiro atoms. The number of methoxy groups -OCH3 is 1. The normalized spacial score (nSPS) is 14.8. The van der Waals surface area contributed by atoms with Crippen molar-refractivity contribution < 1.29 is 9.53 Å². The van der Waals surface area contributed by atoms with Crippen molar-refractivity contribution in [2.45, 2.75) is 39.7 Å². The van der Waals surface area contributed by atoms with Crippen LogP contribution in [0.3, 0.4) is 0 Å². The molecule has 0 saturated carbocycles. The van der Waals surface area contributed by atoms with Crippen molar-refractivity contribution in [3.63, 3.8) is 0 Å². The summed E-state index contributed by atoms with van der Waals surface area (Å²) in [5.74, 6) is 0.304. The van der Waals surface area contributed by atoms with Gasteiger partial charge in [-0.15, -0.1) is 0 Å². The molecule has 76 valence electrons. The van der Waals surface area contributed by atoms with Crippen molar-refractivity contribution in [2.24, 2.45) is 5.92 Å². The van der Waals surface area contributed by atoms with E-state index in [2.05, 4.69) is 19.9 Å². The molecule has 2 unspecified atom stereocenters. The molecule has 0 aliphatic rings. The second kappa shape index (κ2) is 6.84. The summed E-state index contributed by atoms with van der Waals surface area (Å²) in [4.78, 5) is 10.3. The summed E-state index contributed by atoms with van der Waals surface area (Å²) in [5, 5.41) is 0. The van der Waals surface area contributed by atoms with E-state index >= 15 is 0 Å².